The Hall–Kier alpha value is -3.19. The van der Waals surface area contributed by atoms with Crippen molar-refractivity contribution in [3.8, 4) is 5.69 Å². The van der Waals surface area contributed by atoms with Gasteiger partial charge in [0.1, 0.15) is 5.52 Å². The fourth-order valence-electron chi connectivity index (χ4n) is 5.45. The highest BCUT2D eigenvalue weighted by atomic mass is 35.5. The minimum absolute atomic E-state index is 0.446. The van der Waals surface area contributed by atoms with Crippen LogP contribution in [-0.4, -0.2) is 50.7 Å². The number of piperazine rings is 1. The van der Waals surface area contributed by atoms with E-state index in [1.165, 1.54) is 17.5 Å². The van der Waals surface area contributed by atoms with E-state index >= 15 is 0 Å². The number of likely N-dealkylation sites (tertiary alicyclic amines) is 2. The number of nitrogens with zero attached hydrogens (tertiary/aromatic N) is 4. The third kappa shape index (κ3) is 3.98. The van der Waals surface area contributed by atoms with Crippen LogP contribution in [0.3, 0.4) is 0 Å². The Balaban J connectivity index is 1.11. The zero-order chi connectivity index (χ0) is 23.2. The molecule has 0 radical (unpaired) electrons. The molecule has 3 heterocycles. The van der Waals surface area contributed by atoms with E-state index in [1.54, 1.807) is 6.07 Å². The summed E-state index contributed by atoms with van der Waals surface area (Å²) in [5.74, 6) is -0.461. The van der Waals surface area contributed by atoms with Gasteiger partial charge >= 0.3 is 0 Å². The lowest BCUT2D eigenvalue weighted by Crippen LogP contribution is -2.45. The number of amides is 1. The van der Waals surface area contributed by atoms with Gasteiger partial charge in [-0.05, 0) is 47.9 Å². The molecule has 6 rings (SSSR count). The van der Waals surface area contributed by atoms with Crippen LogP contribution >= 0.6 is 11.6 Å². The van der Waals surface area contributed by atoms with Gasteiger partial charge in [0.2, 0.25) is 0 Å². The first-order valence-corrected chi connectivity index (χ1v) is 12.0. The van der Waals surface area contributed by atoms with Crippen molar-refractivity contribution in [3.05, 3.63) is 94.6 Å². The second-order valence-corrected chi connectivity index (χ2v) is 9.82. The quantitative estimate of drug-likeness (QED) is 0.457. The molecule has 2 aliphatic heterocycles. The van der Waals surface area contributed by atoms with E-state index in [0.717, 1.165) is 42.3 Å². The number of hydrogen-bond donors (Lipinski definition) is 1. The van der Waals surface area contributed by atoms with E-state index in [0.29, 0.717) is 23.2 Å². The molecule has 2 fully saturated rings. The molecule has 0 unspecified atom stereocenters. The van der Waals surface area contributed by atoms with E-state index in [4.69, 9.17) is 17.3 Å². The molecule has 2 bridgehead atoms. The summed E-state index contributed by atoms with van der Waals surface area (Å²) in [7, 11) is 0. The highest BCUT2D eigenvalue weighted by Gasteiger charge is 2.42. The smallest absolute Gasteiger partial charge is 0.250 e. The van der Waals surface area contributed by atoms with Crippen molar-refractivity contribution in [2.24, 2.45) is 5.73 Å². The molecule has 2 aliphatic rings. The van der Waals surface area contributed by atoms with Gasteiger partial charge < -0.3 is 5.73 Å². The van der Waals surface area contributed by atoms with Gasteiger partial charge in [-0.2, -0.15) is 5.10 Å². The maximum atomic E-state index is 11.7. The first kappa shape index (κ1) is 21.4. The van der Waals surface area contributed by atoms with Gasteiger partial charge in [0.05, 0.1) is 11.3 Å². The molecule has 0 spiro atoms. The zero-order valence-electron chi connectivity index (χ0n) is 18.8. The summed E-state index contributed by atoms with van der Waals surface area (Å²) in [6.07, 6.45) is 3.17. The number of hydrogen-bond acceptors (Lipinski definition) is 4. The summed E-state index contributed by atoms with van der Waals surface area (Å²) in [5.41, 5.74) is 10.1. The molecule has 0 aliphatic carbocycles. The lowest BCUT2D eigenvalue weighted by atomic mass is 10.1. The molecule has 2 N–H and O–H groups in total. The van der Waals surface area contributed by atoms with Crippen molar-refractivity contribution < 1.29 is 4.79 Å². The van der Waals surface area contributed by atoms with Gasteiger partial charge in [-0.3, -0.25) is 14.6 Å². The highest BCUT2D eigenvalue weighted by Crippen LogP contribution is 2.33. The minimum Gasteiger partial charge on any atom is -0.366 e. The Morgan fingerprint density at radius 3 is 2.32 bits per heavy atom. The van der Waals surface area contributed by atoms with Crippen LogP contribution in [0.1, 0.15) is 27.9 Å². The van der Waals surface area contributed by atoms with Gasteiger partial charge in [-0.1, -0.05) is 48.0 Å². The Morgan fingerprint density at radius 2 is 1.65 bits per heavy atom. The molecule has 2 saturated heterocycles. The first-order chi connectivity index (χ1) is 16.5. The average molecular weight is 472 g/mol. The van der Waals surface area contributed by atoms with Gasteiger partial charge in [0, 0.05) is 54.9 Å². The zero-order valence-corrected chi connectivity index (χ0v) is 19.5. The monoisotopic (exact) mass is 471 g/mol. The molecule has 3 aromatic carbocycles. The predicted molar refractivity (Wildman–Crippen MR) is 134 cm³/mol. The van der Waals surface area contributed by atoms with Crippen LogP contribution in [0.25, 0.3) is 16.6 Å². The van der Waals surface area contributed by atoms with Gasteiger partial charge in [-0.25, -0.2) is 4.68 Å². The van der Waals surface area contributed by atoms with Crippen LogP contribution in [0, 0.1) is 0 Å². The van der Waals surface area contributed by atoms with Crippen LogP contribution in [0.15, 0.2) is 72.9 Å². The van der Waals surface area contributed by atoms with E-state index in [1.807, 2.05) is 35.1 Å². The Bertz CT molecular complexity index is 1370. The van der Waals surface area contributed by atoms with Crippen LogP contribution < -0.4 is 5.73 Å². The predicted octanol–water partition coefficient (Wildman–Crippen LogP) is 4.24. The van der Waals surface area contributed by atoms with Crippen molar-refractivity contribution >= 4 is 28.4 Å². The maximum Gasteiger partial charge on any atom is 0.250 e. The second-order valence-electron chi connectivity index (χ2n) is 9.38. The number of fused-ring (bicyclic) bond motifs is 3. The normalized spacial score (nSPS) is 20.4. The summed E-state index contributed by atoms with van der Waals surface area (Å²) in [6, 6.07) is 23.4. The molecule has 172 valence electrons. The minimum atomic E-state index is -0.461. The number of nitrogens with two attached hydrogens (primary N) is 1. The van der Waals surface area contributed by atoms with Gasteiger partial charge in [0.15, 0.2) is 0 Å². The Morgan fingerprint density at radius 1 is 0.941 bits per heavy atom. The molecule has 34 heavy (non-hydrogen) atoms. The van der Waals surface area contributed by atoms with E-state index in [2.05, 4.69) is 51.3 Å². The maximum absolute atomic E-state index is 11.7. The van der Waals surface area contributed by atoms with Crippen molar-refractivity contribution in [2.75, 3.05) is 13.1 Å². The van der Waals surface area contributed by atoms with Crippen LogP contribution in [0.4, 0.5) is 0 Å². The highest BCUT2D eigenvalue weighted by molar-refractivity contribution is 6.30. The molecule has 6 nitrogen and oxygen atoms in total. The van der Waals surface area contributed by atoms with Crippen LogP contribution in [0.2, 0.25) is 5.02 Å². The van der Waals surface area contributed by atoms with E-state index < -0.39 is 5.91 Å². The fourth-order valence-corrected chi connectivity index (χ4v) is 5.67. The average Bonchev–Trinajstić information content (AvgIpc) is 3.53. The summed E-state index contributed by atoms with van der Waals surface area (Å²) < 4.78 is 1.81. The number of carbonyl (C=O) groups is 1. The molecule has 0 saturated carbocycles. The number of rotatable bonds is 6. The third-order valence-electron chi connectivity index (χ3n) is 7.13. The molecular formula is C27H26ClN5O. The molecule has 1 aromatic heterocycles. The van der Waals surface area contributed by atoms with Crippen molar-refractivity contribution in [2.45, 2.75) is 31.6 Å². The van der Waals surface area contributed by atoms with Crippen molar-refractivity contribution in [1.82, 2.24) is 19.6 Å². The number of halogens is 1. The summed E-state index contributed by atoms with van der Waals surface area (Å²) >= 11 is 6.16. The SMILES string of the molecule is NC(=O)c1cccc2cn(-c3ccc(CN4C[C@@H]5C[C@H]4CN5Cc4cccc(Cl)c4)cc3)nc12. The first-order valence-electron chi connectivity index (χ1n) is 11.6. The van der Waals surface area contributed by atoms with Gasteiger partial charge in [-0.15, -0.1) is 0 Å². The van der Waals surface area contributed by atoms with Crippen molar-refractivity contribution in [3.63, 3.8) is 0 Å². The number of benzene rings is 3. The third-order valence-corrected chi connectivity index (χ3v) is 7.37. The van der Waals surface area contributed by atoms with Crippen LogP contribution in [-0.2, 0) is 13.1 Å². The van der Waals surface area contributed by atoms with E-state index in [-0.39, 0.29) is 0 Å². The number of carbonyl (C=O) groups excluding carboxylic acids is 1. The topological polar surface area (TPSA) is 67.4 Å². The lowest BCUT2D eigenvalue weighted by Gasteiger charge is -2.34. The number of aromatic nitrogens is 2. The number of primary amides is 1. The van der Waals surface area contributed by atoms with Crippen molar-refractivity contribution in [1.29, 1.82) is 0 Å². The Labute approximate surface area is 203 Å². The standard InChI is InChI=1S/C27H26ClN5O/c28-21-5-1-3-19(11-21)14-32-17-23-12-24(32)16-31(23)13-18-7-9-22(10-8-18)33-15-20-4-2-6-25(27(29)34)26(20)30-33/h1-11,15,23-24H,12-14,16-17H2,(H2,29,34)/t23-,24-/m0/s1. The van der Waals surface area contributed by atoms with Gasteiger partial charge in [0.25, 0.3) is 5.91 Å². The summed E-state index contributed by atoms with van der Waals surface area (Å²) in [6.45, 7) is 4.14. The van der Waals surface area contributed by atoms with Crippen LogP contribution in [0.5, 0.6) is 0 Å². The second kappa shape index (κ2) is 8.55. The molecule has 1 amide bonds. The molecule has 2 atom stereocenters. The Kier molecular flexibility index (Phi) is 5.37. The largest absolute Gasteiger partial charge is 0.366 e. The fraction of sp³-hybridized carbons (Fsp3) is 0.259. The molecule has 7 heteroatoms. The molecule has 4 aromatic rings. The lowest BCUT2D eigenvalue weighted by molar-refractivity contribution is 0.100. The summed E-state index contributed by atoms with van der Waals surface area (Å²) in [5, 5.41) is 6.32. The molecular weight excluding hydrogens is 446 g/mol. The summed E-state index contributed by atoms with van der Waals surface area (Å²) in [4.78, 5) is 16.9. The van der Waals surface area contributed by atoms with E-state index in [9.17, 15) is 4.79 Å².